The van der Waals surface area contributed by atoms with Crippen molar-refractivity contribution >= 4 is 48.0 Å². The summed E-state index contributed by atoms with van der Waals surface area (Å²) in [6, 6.07) is 38.9. The number of pyridine rings is 1. The highest BCUT2D eigenvalue weighted by atomic mass is 32.1. The molecule has 0 bridgehead atoms. The first-order valence-electron chi connectivity index (χ1n) is 12.2. The summed E-state index contributed by atoms with van der Waals surface area (Å²) in [6.07, 6.45) is 3.43. The smallest absolute Gasteiger partial charge is 0.205 e. The molecule has 0 aliphatic heterocycles. The van der Waals surface area contributed by atoms with E-state index >= 15 is 0 Å². The molecule has 172 valence electrons. The van der Waals surface area contributed by atoms with Crippen LogP contribution in [0.15, 0.2) is 122 Å². The van der Waals surface area contributed by atoms with Crippen molar-refractivity contribution in [1.29, 1.82) is 0 Å². The lowest BCUT2D eigenvalue weighted by molar-refractivity contribution is 1.34. The summed E-state index contributed by atoms with van der Waals surface area (Å²) in [4.78, 5) is 7.81. The maximum Gasteiger partial charge on any atom is 0.205 e. The molecule has 0 unspecified atom stereocenters. The number of benzene rings is 5. The van der Waals surface area contributed by atoms with Crippen molar-refractivity contribution in [2.45, 2.75) is 0 Å². The number of rotatable bonds is 3. The van der Waals surface area contributed by atoms with Crippen LogP contribution in [0, 0.1) is 6.57 Å². The lowest BCUT2D eigenvalue weighted by atomic mass is 9.93. The number of nitrogens with zero attached hydrogens (tertiary/aromatic N) is 2. The molecular weight excluding hydrogens is 468 g/mol. The summed E-state index contributed by atoms with van der Waals surface area (Å²) in [5, 5.41) is 5.14. The standard InChI is InChI=1S/C34H20N2S/c1-35-27-17-26(20-36-21-27)23-10-7-11-25(16-23)31-19-33-34(29-13-6-5-12-28(29)31)30-15-14-24(18-32(30)37-33)22-8-3-2-4-9-22/h2-21H. The Balaban J connectivity index is 1.44. The van der Waals surface area contributed by atoms with Crippen LogP contribution in [0.3, 0.4) is 0 Å². The maximum atomic E-state index is 7.34. The van der Waals surface area contributed by atoms with Gasteiger partial charge in [-0.05, 0) is 68.4 Å². The van der Waals surface area contributed by atoms with E-state index in [2.05, 4.69) is 113 Å². The molecule has 0 spiro atoms. The number of thiophene rings is 1. The van der Waals surface area contributed by atoms with Gasteiger partial charge in [0.15, 0.2) is 0 Å². The summed E-state index contributed by atoms with van der Waals surface area (Å²) in [5.41, 5.74) is 7.42. The molecule has 0 fully saturated rings. The lowest BCUT2D eigenvalue weighted by Gasteiger charge is -2.11. The third-order valence-corrected chi connectivity index (χ3v) is 8.05. The zero-order valence-corrected chi connectivity index (χ0v) is 20.7. The molecular formula is C34H20N2S. The van der Waals surface area contributed by atoms with E-state index in [1.54, 1.807) is 6.20 Å². The molecule has 0 atom stereocenters. The molecule has 0 N–H and O–H groups in total. The van der Waals surface area contributed by atoms with Crippen LogP contribution in [0.1, 0.15) is 0 Å². The van der Waals surface area contributed by atoms with E-state index in [9.17, 15) is 0 Å². The summed E-state index contributed by atoms with van der Waals surface area (Å²) < 4.78 is 2.59. The predicted molar refractivity (Wildman–Crippen MR) is 157 cm³/mol. The molecule has 0 amide bonds. The van der Waals surface area contributed by atoms with E-state index in [1.807, 2.05) is 23.6 Å². The average molecular weight is 489 g/mol. The highest BCUT2D eigenvalue weighted by Gasteiger charge is 2.14. The Kier molecular flexibility index (Phi) is 5.06. The van der Waals surface area contributed by atoms with Gasteiger partial charge in [0.25, 0.3) is 0 Å². The maximum absolute atomic E-state index is 7.34. The van der Waals surface area contributed by atoms with Crippen LogP contribution < -0.4 is 0 Å². The first kappa shape index (κ1) is 21.5. The summed E-state index contributed by atoms with van der Waals surface area (Å²) in [5.74, 6) is 0. The van der Waals surface area contributed by atoms with Crippen molar-refractivity contribution in [2.24, 2.45) is 0 Å². The van der Waals surface area contributed by atoms with Gasteiger partial charge in [-0.15, -0.1) is 11.3 Å². The molecule has 2 nitrogen and oxygen atoms in total. The van der Waals surface area contributed by atoms with Crippen LogP contribution in [-0.2, 0) is 0 Å². The Morgan fingerprint density at radius 3 is 2.16 bits per heavy atom. The Morgan fingerprint density at radius 1 is 0.541 bits per heavy atom. The Hall–Kier alpha value is -4.78. The Morgan fingerprint density at radius 2 is 1.30 bits per heavy atom. The Labute approximate surface area is 218 Å². The van der Waals surface area contributed by atoms with Gasteiger partial charge in [0.05, 0.1) is 6.57 Å². The highest BCUT2D eigenvalue weighted by Crippen LogP contribution is 2.44. The van der Waals surface area contributed by atoms with Crippen molar-refractivity contribution in [3.05, 3.63) is 133 Å². The molecule has 2 aromatic heterocycles. The molecule has 0 aliphatic carbocycles. The molecule has 7 rings (SSSR count). The van der Waals surface area contributed by atoms with Crippen molar-refractivity contribution in [2.75, 3.05) is 0 Å². The van der Waals surface area contributed by atoms with Gasteiger partial charge in [-0.3, -0.25) is 4.98 Å². The van der Waals surface area contributed by atoms with Gasteiger partial charge in [-0.25, -0.2) is 4.85 Å². The van der Waals surface area contributed by atoms with E-state index in [4.69, 9.17) is 6.57 Å². The van der Waals surface area contributed by atoms with Crippen molar-refractivity contribution < 1.29 is 0 Å². The van der Waals surface area contributed by atoms with Crippen LogP contribution in [-0.4, -0.2) is 4.98 Å². The molecule has 3 heteroatoms. The molecule has 0 saturated heterocycles. The SMILES string of the molecule is [C-]#[N+]c1cncc(-c2cccc(-c3cc4sc5cc(-c6ccccc6)ccc5c4c4ccccc34)c2)c1. The van der Waals surface area contributed by atoms with E-state index in [0.717, 1.165) is 16.7 Å². The van der Waals surface area contributed by atoms with Gasteiger partial charge < -0.3 is 0 Å². The van der Waals surface area contributed by atoms with Gasteiger partial charge >= 0.3 is 0 Å². The number of aromatic nitrogens is 1. The van der Waals surface area contributed by atoms with E-state index < -0.39 is 0 Å². The quantitative estimate of drug-likeness (QED) is 0.226. The van der Waals surface area contributed by atoms with Crippen LogP contribution in [0.2, 0.25) is 0 Å². The third kappa shape index (κ3) is 3.67. The van der Waals surface area contributed by atoms with Crippen molar-refractivity contribution in [1.82, 2.24) is 4.98 Å². The molecule has 0 saturated carbocycles. The topological polar surface area (TPSA) is 17.2 Å². The van der Waals surface area contributed by atoms with E-state index in [1.165, 1.54) is 47.6 Å². The van der Waals surface area contributed by atoms with Gasteiger partial charge in [0, 0.05) is 32.6 Å². The largest absolute Gasteiger partial charge is 0.276 e. The monoisotopic (exact) mass is 488 g/mol. The van der Waals surface area contributed by atoms with Crippen LogP contribution in [0.5, 0.6) is 0 Å². The first-order chi connectivity index (χ1) is 18.3. The van der Waals surface area contributed by atoms with Gasteiger partial charge in [-0.2, -0.15) is 0 Å². The molecule has 2 heterocycles. The summed E-state index contributed by atoms with van der Waals surface area (Å²) in [6.45, 7) is 7.34. The fourth-order valence-corrected chi connectivity index (χ4v) is 6.40. The number of fused-ring (bicyclic) bond motifs is 5. The normalized spacial score (nSPS) is 11.2. The molecule has 7 aromatic rings. The third-order valence-electron chi connectivity index (χ3n) is 6.95. The second-order valence-electron chi connectivity index (χ2n) is 9.15. The van der Waals surface area contributed by atoms with E-state index in [-0.39, 0.29) is 0 Å². The minimum absolute atomic E-state index is 0.551. The van der Waals surface area contributed by atoms with E-state index in [0.29, 0.717) is 5.69 Å². The molecule has 0 aliphatic rings. The number of hydrogen-bond donors (Lipinski definition) is 0. The number of hydrogen-bond acceptors (Lipinski definition) is 2. The molecule has 37 heavy (non-hydrogen) atoms. The highest BCUT2D eigenvalue weighted by molar-refractivity contribution is 7.26. The van der Waals surface area contributed by atoms with Crippen LogP contribution in [0.4, 0.5) is 5.69 Å². The van der Waals surface area contributed by atoms with Crippen LogP contribution >= 0.6 is 11.3 Å². The van der Waals surface area contributed by atoms with Crippen LogP contribution in [0.25, 0.3) is 69.2 Å². The average Bonchev–Trinajstić information content (AvgIpc) is 3.35. The predicted octanol–water partition coefficient (Wildman–Crippen LogP) is 10.2. The van der Waals surface area contributed by atoms with Crippen molar-refractivity contribution in [3.63, 3.8) is 0 Å². The minimum atomic E-state index is 0.551. The van der Waals surface area contributed by atoms with Crippen molar-refractivity contribution in [3.8, 4) is 33.4 Å². The molecule has 0 radical (unpaired) electrons. The minimum Gasteiger partial charge on any atom is -0.276 e. The lowest BCUT2D eigenvalue weighted by Crippen LogP contribution is -1.85. The summed E-state index contributed by atoms with van der Waals surface area (Å²) >= 11 is 1.86. The molecule has 5 aromatic carbocycles. The Bertz CT molecular complexity index is 1990. The van der Waals surface area contributed by atoms with Gasteiger partial charge in [0.1, 0.15) is 0 Å². The zero-order valence-electron chi connectivity index (χ0n) is 19.8. The first-order valence-corrected chi connectivity index (χ1v) is 13.0. The second kappa shape index (κ2) is 8.71. The fourth-order valence-electron chi connectivity index (χ4n) is 5.20. The second-order valence-corrected chi connectivity index (χ2v) is 10.2. The zero-order chi connectivity index (χ0) is 24.8. The summed E-state index contributed by atoms with van der Waals surface area (Å²) in [7, 11) is 0. The fraction of sp³-hybridized carbons (Fsp3) is 0. The van der Waals surface area contributed by atoms with Gasteiger partial charge in [0.2, 0.25) is 5.69 Å². The van der Waals surface area contributed by atoms with Gasteiger partial charge in [-0.1, -0.05) is 84.9 Å².